The summed E-state index contributed by atoms with van der Waals surface area (Å²) in [4.78, 5) is 7.99. The predicted molar refractivity (Wildman–Crippen MR) is 70.2 cm³/mol. The molecule has 0 saturated heterocycles. The van der Waals surface area contributed by atoms with Gasteiger partial charge in [0.15, 0.2) is 11.6 Å². The lowest BCUT2D eigenvalue weighted by Gasteiger charge is -2.11. The molecule has 102 valence electrons. The van der Waals surface area contributed by atoms with E-state index in [2.05, 4.69) is 20.4 Å². The highest BCUT2D eigenvalue weighted by atomic mass is 35.5. The van der Waals surface area contributed by atoms with Crippen LogP contribution in [0.15, 0.2) is 24.5 Å². The monoisotopic (exact) mass is 295 g/mol. The average Bonchev–Trinajstić information content (AvgIpc) is 2.87. The fraction of sp³-hybridized carbons (Fsp3) is 0.0833. The SMILES string of the molecule is Cc1c(Cl)nc2ncnn2c1Nc1ccc(F)c(F)c1. The zero-order valence-electron chi connectivity index (χ0n) is 10.2. The molecule has 8 heteroatoms. The van der Waals surface area contributed by atoms with Gasteiger partial charge in [-0.2, -0.15) is 19.6 Å². The van der Waals surface area contributed by atoms with Gasteiger partial charge in [0, 0.05) is 17.3 Å². The number of hydrogen-bond acceptors (Lipinski definition) is 4. The van der Waals surface area contributed by atoms with Crippen molar-refractivity contribution in [2.45, 2.75) is 6.92 Å². The van der Waals surface area contributed by atoms with Crippen LogP contribution in [0.2, 0.25) is 5.15 Å². The maximum absolute atomic E-state index is 13.2. The molecule has 0 amide bonds. The third-order valence-corrected chi connectivity index (χ3v) is 3.15. The lowest BCUT2D eigenvalue weighted by molar-refractivity contribution is 0.509. The Kier molecular flexibility index (Phi) is 2.98. The lowest BCUT2D eigenvalue weighted by Crippen LogP contribution is -2.05. The van der Waals surface area contributed by atoms with E-state index in [9.17, 15) is 8.78 Å². The summed E-state index contributed by atoms with van der Waals surface area (Å²) >= 11 is 6.01. The number of hydrogen-bond donors (Lipinski definition) is 1. The zero-order valence-corrected chi connectivity index (χ0v) is 11.0. The van der Waals surface area contributed by atoms with Crippen molar-refractivity contribution in [2.75, 3.05) is 5.32 Å². The molecule has 1 N–H and O–H groups in total. The molecule has 0 unspecified atom stereocenters. The summed E-state index contributed by atoms with van der Waals surface area (Å²) in [5.74, 6) is -1.05. The lowest BCUT2D eigenvalue weighted by atomic mass is 10.2. The van der Waals surface area contributed by atoms with Gasteiger partial charge in [-0.25, -0.2) is 8.78 Å². The fourth-order valence-corrected chi connectivity index (χ4v) is 1.92. The Morgan fingerprint density at radius 1 is 1.25 bits per heavy atom. The van der Waals surface area contributed by atoms with E-state index in [1.165, 1.54) is 16.9 Å². The highest BCUT2D eigenvalue weighted by Gasteiger charge is 2.13. The van der Waals surface area contributed by atoms with Gasteiger partial charge in [-0.05, 0) is 19.1 Å². The van der Waals surface area contributed by atoms with Gasteiger partial charge in [-0.15, -0.1) is 0 Å². The first-order valence-electron chi connectivity index (χ1n) is 5.64. The Morgan fingerprint density at radius 3 is 2.80 bits per heavy atom. The van der Waals surface area contributed by atoms with E-state index in [4.69, 9.17) is 11.6 Å². The molecule has 5 nitrogen and oxygen atoms in total. The van der Waals surface area contributed by atoms with Crippen LogP contribution in [-0.4, -0.2) is 19.6 Å². The van der Waals surface area contributed by atoms with Crippen LogP contribution < -0.4 is 5.32 Å². The van der Waals surface area contributed by atoms with Gasteiger partial charge in [0.2, 0.25) is 0 Å². The first-order chi connectivity index (χ1) is 9.56. The summed E-state index contributed by atoms with van der Waals surface area (Å²) in [5.41, 5.74) is 0.987. The van der Waals surface area contributed by atoms with Gasteiger partial charge < -0.3 is 5.32 Å². The molecular formula is C12H8ClF2N5. The second kappa shape index (κ2) is 4.68. The van der Waals surface area contributed by atoms with Crippen molar-refractivity contribution in [3.63, 3.8) is 0 Å². The van der Waals surface area contributed by atoms with Crippen molar-refractivity contribution in [3.05, 3.63) is 46.9 Å². The van der Waals surface area contributed by atoms with E-state index >= 15 is 0 Å². The largest absolute Gasteiger partial charge is 0.340 e. The van der Waals surface area contributed by atoms with Gasteiger partial charge in [0.25, 0.3) is 5.78 Å². The highest BCUT2D eigenvalue weighted by Crippen LogP contribution is 2.26. The molecule has 0 saturated carbocycles. The Balaban J connectivity index is 2.11. The van der Waals surface area contributed by atoms with E-state index in [0.29, 0.717) is 22.8 Å². The normalized spacial score (nSPS) is 11.0. The molecule has 0 aliphatic heterocycles. The molecule has 0 fully saturated rings. The van der Waals surface area contributed by atoms with Crippen LogP contribution in [0.1, 0.15) is 5.56 Å². The Bertz CT molecular complexity index is 802. The molecule has 0 aliphatic rings. The second-order valence-corrected chi connectivity index (χ2v) is 4.46. The van der Waals surface area contributed by atoms with Crippen LogP contribution in [0, 0.1) is 18.6 Å². The van der Waals surface area contributed by atoms with Crippen molar-refractivity contribution < 1.29 is 8.78 Å². The Morgan fingerprint density at radius 2 is 2.05 bits per heavy atom. The van der Waals surface area contributed by atoms with E-state index in [-0.39, 0.29) is 5.15 Å². The van der Waals surface area contributed by atoms with Gasteiger partial charge in [0.1, 0.15) is 17.3 Å². The number of halogens is 3. The van der Waals surface area contributed by atoms with Crippen LogP contribution in [0.4, 0.5) is 20.3 Å². The molecule has 0 bridgehead atoms. The number of rotatable bonds is 2. The number of nitrogens with zero attached hydrogens (tertiary/aromatic N) is 4. The molecule has 0 aliphatic carbocycles. The molecule has 3 rings (SSSR count). The van der Waals surface area contributed by atoms with Gasteiger partial charge in [-0.3, -0.25) is 0 Å². The molecule has 0 atom stereocenters. The maximum atomic E-state index is 13.2. The van der Waals surface area contributed by atoms with Crippen molar-refractivity contribution in [1.29, 1.82) is 0 Å². The predicted octanol–water partition coefficient (Wildman–Crippen LogP) is 3.11. The molecule has 0 spiro atoms. The van der Waals surface area contributed by atoms with Crippen LogP contribution in [0.3, 0.4) is 0 Å². The highest BCUT2D eigenvalue weighted by molar-refractivity contribution is 6.30. The number of nitrogens with one attached hydrogen (secondary N) is 1. The Labute approximate surface area is 117 Å². The molecule has 3 aromatic rings. The van der Waals surface area contributed by atoms with Crippen molar-refractivity contribution in [3.8, 4) is 0 Å². The summed E-state index contributed by atoms with van der Waals surface area (Å²) in [5, 5.41) is 7.21. The van der Waals surface area contributed by atoms with E-state index in [1.54, 1.807) is 6.92 Å². The van der Waals surface area contributed by atoms with Gasteiger partial charge >= 0.3 is 0 Å². The maximum Gasteiger partial charge on any atom is 0.255 e. The number of anilines is 2. The van der Waals surface area contributed by atoms with Crippen molar-refractivity contribution >= 4 is 28.9 Å². The van der Waals surface area contributed by atoms with Crippen LogP contribution in [0.25, 0.3) is 5.78 Å². The molecule has 1 aromatic carbocycles. The number of aromatic nitrogens is 4. The Hall–Kier alpha value is -2.28. The summed E-state index contributed by atoms with van der Waals surface area (Å²) in [6.45, 7) is 1.73. The van der Waals surface area contributed by atoms with Crippen molar-refractivity contribution in [1.82, 2.24) is 19.6 Å². The first kappa shape index (κ1) is 12.7. The first-order valence-corrected chi connectivity index (χ1v) is 6.02. The smallest absolute Gasteiger partial charge is 0.255 e. The molecular weight excluding hydrogens is 288 g/mol. The zero-order chi connectivity index (χ0) is 14.3. The van der Waals surface area contributed by atoms with Gasteiger partial charge in [-0.1, -0.05) is 11.6 Å². The second-order valence-electron chi connectivity index (χ2n) is 4.10. The quantitative estimate of drug-likeness (QED) is 0.738. The minimum atomic E-state index is -0.942. The molecule has 20 heavy (non-hydrogen) atoms. The van der Waals surface area contributed by atoms with Gasteiger partial charge in [0.05, 0.1) is 0 Å². The van der Waals surface area contributed by atoms with Crippen LogP contribution in [0.5, 0.6) is 0 Å². The average molecular weight is 296 g/mol. The standard InChI is InChI=1S/C12H8ClF2N5/c1-6-10(13)19-12-16-5-17-20(12)11(6)18-7-2-3-8(14)9(15)4-7/h2-5,18H,1H3. The van der Waals surface area contributed by atoms with Crippen LogP contribution >= 0.6 is 11.6 Å². The summed E-state index contributed by atoms with van der Waals surface area (Å²) in [6.07, 6.45) is 1.33. The summed E-state index contributed by atoms with van der Waals surface area (Å²) in [7, 11) is 0. The fourth-order valence-electron chi connectivity index (χ4n) is 1.75. The number of fused-ring (bicyclic) bond motifs is 1. The van der Waals surface area contributed by atoms with E-state index in [0.717, 1.165) is 12.1 Å². The number of benzene rings is 1. The molecule has 2 aromatic heterocycles. The minimum Gasteiger partial charge on any atom is -0.340 e. The molecule has 0 radical (unpaired) electrons. The third-order valence-electron chi connectivity index (χ3n) is 2.79. The van der Waals surface area contributed by atoms with Crippen molar-refractivity contribution in [2.24, 2.45) is 0 Å². The molecule has 2 heterocycles. The minimum absolute atomic E-state index is 0.260. The topological polar surface area (TPSA) is 55.1 Å². The summed E-state index contributed by atoms with van der Waals surface area (Å²) < 4.78 is 27.6. The summed E-state index contributed by atoms with van der Waals surface area (Å²) in [6, 6.07) is 3.50. The van der Waals surface area contributed by atoms with Crippen LogP contribution in [-0.2, 0) is 0 Å². The third kappa shape index (κ3) is 2.05. The van der Waals surface area contributed by atoms with E-state index in [1.807, 2.05) is 0 Å². The van der Waals surface area contributed by atoms with E-state index < -0.39 is 11.6 Å².